The number of nitrogens with one attached hydrogen (secondary N) is 5. The van der Waals surface area contributed by atoms with Gasteiger partial charge >= 0.3 is 12.1 Å². The number of benzene rings is 6. The molecule has 7 amide bonds. The number of fused-ring (bicyclic) bond motifs is 4. The van der Waals surface area contributed by atoms with Gasteiger partial charge in [-0.1, -0.05) is 148 Å². The van der Waals surface area contributed by atoms with Crippen LogP contribution in [0.1, 0.15) is 122 Å². The van der Waals surface area contributed by atoms with Gasteiger partial charge in [0.05, 0.1) is 28.1 Å². The fourth-order valence-corrected chi connectivity index (χ4v) is 13.9. The first-order valence-electron chi connectivity index (χ1n) is 33.5. The van der Waals surface area contributed by atoms with Crippen LogP contribution in [0.5, 0.6) is 5.75 Å². The lowest BCUT2D eigenvalue weighted by molar-refractivity contribution is -0.159. The summed E-state index contributed by atoms with van der Waals surface area (Å²) in [7, 11) is -6.39. The summed E-state index contributed by atoms with van der Waals surface area (Å²) < 4.78 is 46.8. The van der Waals surface area contributed by atoms with Crippen molar-refractivity contribution in [2.24, 2.45) is 10.7 Å². The zero-order valence-corrected chi connectivity index (χ0v) is 59.6. The van der Waals surface area contributed by atoms with Crippen molar-refractivity contribution < 1.29 is 65.8 Å². The lowest BCUT2D eigenvalue weighted by Crippen LogP contribution is -2.58. The number of amides is 7. The second-order valence-corrected chi connectivity index (χ2v) is 34.2. The SMILES string of the molecule is Cc1ccc(S(=O)(=O)NC(N)=NCCC[C@H](NC(=O)[C@@H]2CCCN2C(=O)OCC2c3ccccc3-c3ccccc32)C(O)C(=O)N[C@H](Cc2ccccc2)C(=O)N[C@H](/C=C/C(=O)NC[C@@H](C(=O)OC(C)(C)C)N2C(=O)c3ccccc3C2=O)Cc2ccc(O[Si](C)(C)C(C)(C)C)cc2)cc1. The van der Waals surface area contributed by atoms with Gasteiger partial charge in [-0.25, -0.2) is 22.7 Å². The number of nitrogens with two attached hydrogens (primary N) is 1. The van der Waals surface area contributed by atoms with Crippen molar-refractivity contribution in [2.75, 3.05) is 26.2 Å². The summed E-state index contributed by atoms with van der Waals surface area (Å²) in [5, 5.41) is 23.3. The van der Waals surface area contributed by atoms with Gasteiger partial charge in [0.25, 0.3) is 27.7 Å². The van der Waals surface area contributed by atoms with Gasteiger partial charge in [0.1, 0.15) is 30.0 Å². The number of carbonyl (C=O) groups is 8. The van der Waals surface area contributed by atoms with E-state index in [9.17, 15) is 47.1 Å². The van der Waals surface area contributed by atoms with Crippen LogP contribution in [0, 0.1) is 6.92 Å². The fraction of sp³-hybridized carbons (Fsp3) is 0.373. The lowest BCUT2D eigenvalue weighted by Gasteiger charge is -2.36. The predicted octanol–water partition coefficient (Wildman–Crippen LogP) is 8.15. The average Bonchev–Trinajstić information content (AvgIpc) is 1.62. The van der Waals surface area contributed by atoms with E-state index in [-0.39, 0.29) is 78.8 Å². The van der Waals surface area contributed by atoms with Crippen LogP contribution in [0.2, 0.25) is 18.1 Å². The Morgan fingerprint density at radius 1 is 0.730 bits per heavy atom. The topological polar surface area (TPSA) is 324 Å². The molecule has 23 nitrogen and oxygen atoms in total. The molecule has 3 aliphatic rings. The Balaban J connectivity index is 0.952. The molecule has 528 valence electrons. The number of hydrogen-bond acceptors (Lipinski definition) is 15. The van der Waals surface area contributed by atoms with Gasteiger partial charge in [0, 0.05) is 38.0 Å². The summed E-state index contributed by atoms with van der Waals surface area (Å²) in [5.74, 6) is -5.78. The van der Waals surface area contributed by atoms with E-state index in [0.717, 1.165) is 38.8 Å². The van der Waals surface area contributed by atoms with E-state index in [1.165, 1.54) is 35.2 Å². The smallest absolute Gasteiger partial charge is 0.410 e. The first-order chi connectivity index (χ1) is 47.4. The Bertz CT molecular complexity index is 4100. The first kappa shape index (κ1) is 74.2. The highest BCUT2D eigenvalue weighted by Crippen LogP contribution is 2.45. The number of hydrogen-bond donors (Lipinski definition) is 7. The molecule has 9 rings (SSSR count). The van der Waals surface area contributed by atoms with E-state index in [4.69, 9.17) is 19.6 Å². The largest absolute Gasteiger partial charge is 0.544 e. The minimum atomic E-state index is -4.13. The molecule has 0 bridgehead atoms. The summed E-state index contributed by atoms with van der Waals surface area (Å²) in [6.45, 7) is 16.8. The number of aliphatic hydroxyl groups is 1. The maximum Gasteiger partial charge on any atom is 0.410 e. The van der Waals surface area contributed by atoms with Crippen LogP contribution in [0.4, 0.5) is 4.79 Å². The number of likely N-dealkylation sites (tertiary alicyclic amines) is 1. The van der Waals surface area contributed by atoms with E-state index < -0.39 is 120 Å². The number of ether oxygens (including phenoxy) is 2. The molecule has 2 aliphatic heterocycles. The quantitative estimate of drug-likeness (QED) is 0.00487. The number of guanidine groups is 1. The zero-order chi connectivity index (χ0) is 72.3. The summed E-state index contributed by atoms with van der Waals surface area (Å²) in [6.07, 6.45) is 0.238. The molecule has 1 saturated heterocycles. The Kier molecular flexibility index (Phi) is 23.7. The van der Waals surface area contributed by atoms with Gasteiger partial charge in [0.2, 0.25) is 32.0 Å². The van der Waals surface area contributed by atoms with Crippen LogP contribution >= 0.6 is 0 Å². The minimum Gasteiger partial charge on any atom is -0.544 e. The number of nitrogens with zero attached hydrogens (tertiary/aromatic N) is 3. The van der Waals surface area contributed by atoms with Gasteiger partial charge in [-0.3, -0.25) is 43.6 Å². The third-order valence-corrected chi connectivity index (χ3v) is 23.9. The van der Waals surface area contributed by atoms with Crippen molar-refractivity contribution in [3.63, 3.8) is 0 Å². The molecule has 25 heteroatoms. The monoisotopic (exact) mass is 1400 g/mol. The molecule has 6 aromatic carbocycles. The number of aliphatic hydroxyl groups excluding tert-OH is 1. The van der Waals surface area contributed by atoms with E-state index >= 15 is 4.79 Å². The van der Waals surface area contributed by atoms with E-state index in [1.54, 1.807) is 75.4 Å². The molecule has 0 saturated carbocycles. The van der Waals surface area contributed by atoms with Crippen molar-refractivity contribution in [3.8, 4) is 16.9 Å². The van der Waals surface area contributed by atoms with Crippen LogP contribution in [0.25, 0.3) is 11.1 Å². The van der Waals surface area contributed by atoms with E-state index in [2.05, 4.69) is 64.8 Å². The highest BCUT2D eigenvalue weighted by atomic mass is 32.2. The number of aliphatic imine (C=N–C) groups is 1. The third kappa shape index (κ3) is 18.7. The standard InChI is InChI=1S/C75H89N9O14SSi/c1-47-31-38-52(39-32-47)99(94,95)82-72(76)77-41-19-29-60(80-67(88)62-30-20-42-83(62)73(93)96-46-59-55-25-15-13-23-53(55)54-24-14-16-26-56(54)59)65(86)68(89)81-61(44-48-21-11-10-12-22-48)66(87)79-50(43-49-33-36-51(37-34-49)98-100(8,9)75(5,6)7)35-40-64(85)78-45-63(71(92)97-74(2,3)4)84-69(90)57-27-17-18-28-58(57)70(84)91/h10-18,21-28,31-40,50,59-63,65,86H,19-20,29-30,41-46H2,1-9H3,(H,78,85)(H,79,87)(H,80,88)(H,81,89)(H3,76,77,82)/b40-35+/t50-,60+,61-,62+,63+,65?/m1/s1. The summed E-state index contributed by atoms with van der Waals surface area (Å²) in [5.41, 5.74) is 11.4. The second-order valence-electron chi connectivity index (χ2n) is 27.8. The van der Waals surface area contributed by atoms with Gasteiger partial charge in [-0.05, 0) is 148 Å². The summed E-state index contributed by atoms with van der Waals surface area (Å²) in [6, 6.07) is 37.5. The van der Waals surface area contributed by atoms with Gasteiger partial charge in [0.15, 0.2) is 12.1 Å². The number of imide groups is 1. The van der Waals surface area contributed by atoms with Crippen LogP contribution in [-0.4, -0.2) is 153 Å². The second kappa shape index (κ2) is 31.9. The molecular weight excluding hydrogens is 1310 g/mol. The Morgan fingerprint density at radius 3 is 1.91 bits per heavy atom. The molecule has 100 heavy (non-hydrogen) atoms. The highest BCUT2D eigenvalue weighted by molar-refractivity contribution is 7.90. The Labute approximate surface area is 584 Å². The van der Waals surface area contributed by atoms with Crippen molar-refractivity contribution in [3.05, 3.63) is 203 Å². The van der Waals surface area contributed by atoms with Gasteiger partial charge in [-0.15, -0.1) is 0 Å². The average molecular weight is 1400 g/mol. The molecule has 8 N–H and O–H groups in total. The third-order valence-electron chi connectivity index (χ3n) is 18.2. The van der Waals surface area contributed by atoms with Crippen LogP contribution in [-0.2, 0) is 56.3 Å². The van der Waals surface area contributed by atoms with E-state index in [1.807, 2.05) is 79.7 Å². The number of carbonyl (C=O) groups excluding carboxylic acids is 8. The minimum absolute atomic E-state index is 0.00454. The molecule has 6 aromatic rings. The number of rotatable bonds is 27. The Morgan fingerprint density at radius 2 is 1.31 bits per heavy atom. The number of esters is 1. The summed E-state index contributed by atoms with van der Waals surface area (Å²) in [4.78, 5) is 120. The van der Waals surface area contributed by atoms with E-state index in [0.29, 0.717) is 23.3 Å². The number of aryl methyl sites for hydroxylation is 1. The summed E-state index contributed by atoms with van der Waals surface area (Å²) >= 11 is 0. The number of sulfonamides is 1. The maximum absolute atomic E-state index is 15.0. The maximum atomic E-state index is 15.0. The molecule has 0 spiro atoms. The van der Waals surface area contributed by atoms with Crippen LogP contribution in [0.15, 0.2) is 174 Å². The predicted molar refractivity (Wildman–Crippen MR) is 381 cm³/mol. The normalized spacial score (nSPS) is 16.3. The van der Waals surface area contributed by atoms with Crippen molar-refractivity contribution >= 4 is 71.8 Å². The molecule has 1 aliphatic carbocycles. The first-order valence-corrected chi connectivity index (χ1v) is 37.8. The molecule has 1 fully saturated rings. The molecule has 2 heterocycles. The molecule has 0 aromatic heterocycles. The van der Waals surface area contributed by atoms with Crippen molar-refractivity contribution in [1.82, 2.24) is 35.8 Å². The zero-order valence-electron chi connectivity index (χ0n) is 57.8. The molecule has 6 atom stereocenters. The fourth-order valence-electron chi connectivity index (χ4n) is 11.9. The lowest BCUT2D eigenvalue weighted by atomic mass is 9.98. The van der Waals surface area contributed by atoms with Crippen molar-refractivity contribution in [1.29, 1.82) is 0 Å². The van der Waals surface area contributed by atoms with Gasteiger partial charge < -0.3 is 46.0 Å². The van der Waals surface area contributed by atoms with Crippen LogP contribution < -0.4 is 36.1 Å². The molecular formula is C75H89N9O14SSi. The molecule has 0 radical (unpaired) electrons. The van der Waals surface area contributed by atoms with Crippen LogP contribution in [0.3, 0.4) is 0 Å². The highest BCUT2D eigenvalue weighted by Gasteiger charge is 2.45. The van der Waals surface area contributed by atoms with Gasteiger partial charge in [-0.2, -0.15) is 0 Å². The molecule has 1 unspecified atom stereocenters. The Hall–Kier alpha value is -9.98. The van der Waals surface area contributed by atoms with Crippen molar-refractivity contribution in [2.45, 2.75) is 158 Å².